The molecular weight excluding hydrogens is 354 g/mol. The van der Waals surface area contributed by atoms with Gasteiger partial charge in [-0.05, 0) is 51.3 Å². The molecule has 2 aromatic heterocycles. The smallest absolute Gasteiger partial charge is 0.254 e. The Morgan fingerprint density at radius 1 is 1.18 bits per heavy atom. The Morgan fingerprint density at radius 3 is 2.54 bits per heavy atom. The molecule has 0 bridgehead atoms. The van der Waals surface area contributed by atoms with E-state index in [0.717, 1.165) is 28.2 Å². The second-order valence-electron chi connectivity index (χ2n) is 6.84. The number of carbonyl (C=O) groups excluding carboxylic acids is 2. The number of para-hydroxylation sites is 1. The van der Waals surface area contributed by atoms with Crippen LogP contribution in [0.1, 0.15) is 46.2 Å². The first-order valence-electron chi connectivity index (χ1n) is 9.34. The quantitative estimate of drug-likeness (QED) is 0.712. The van der Waals surface area contributed by atoms with Gasteiger partial charge in [-0.25, -0.2) is 9.50 Å². The van der Waals surface area contributed by atoms with E-state index in [9.17, 15) is 9.59 Å². The normalized spacial score (nSPS) is 11.0. The first-order chi connectivity index (χ1) is 13.3. The summed E-state index contributed by atoms with van der Waals surface area (Å²) in [5.74, 6) is -0.491. The number of carbonyl (C=O) groups is 2. The Hall–Kier alpha value is -3.22. The van der Waals surface area contributed by atoms with Crippen LogP contribution in [-0.2, 0) is 11.2 Å². The van der Waals surface area contributed by atoms with E-state index in [2.05, 4.69) is 10.1 Å². The van der Waals surface area contributed by atoms with Gasteiger partial charge in [0, 0.05) is 30.0 Å². The molecule has 0 spiro atoms. The number of rotatable bonds is 6. The standard InChI is InChI=1S/C21H25N5O2/c1-5-25(18-9-7-6-8-13(18)2)19(27)11-10-16-14(3)24-21-17(20(22)28)12-23-26(21)15(16)4/h6-9,12H,5,10-11H2,1-4H3,(H2,22,28). The maximum Gasteiger partial charge on any atom is 0.254 e. The first-order valence-corrected chi connectivity index (χ1v) is 9.34. The zero-order chi connectivity index (χ0) is 20.4. The van der Waals surface area contributed by atoms with Crippen LogP contribution in [0.15, 0.2) is 30.5 Å². The van der Waals surface area contributed by atoms with Gasteiger partial charge in [0.05, 0.1) is 6.20 Å². The largest absolute Gasteiger partial charge is 0.365 e. The van der Waals surface area contributed by atoms with Crippen molar-refractivity contribution in [2.45, 2.75) is 40.5 Å². The van der Waals surface area contributed by atoms with E-state index < -0.39 is 5.91 Å². The fraction of sp³-hybridized carbons (Fsp3) is 0.333. The lowest BCUT2D eigenvalue weighted by Crippen LogP contribution is -2.31. The summed E-state index contributed by atoms with van der Waals surface area (Å²) >= 11 is 0. The third-order valence-corrected chi connectivity index (χ3v) is 5.09. The highest BCUT2D eigenvalue weighted by atomic mass is 16.2. The molecule has 3 rings (SSSR count). The number of benzene rings is 1. The lowest BCUT2D eigenvalue weighted by atomic mass is 10.1. The topological polar surface area (TPSA) is 93.6 Å². The molecule has 3 aromatic rings. The second-order valence-corrected chi connectivity index (χ2v) is 6.84. The van der Waals surface area contributed by atoms with E-state index in [1.165, 1.54) is 6.20 Å². The van der Waals surface area contributed by atoms with Crippen LogP contribution in [0, 0.1) is 20.8 Å². The van der Waals surface area contributed by atoms with Crippen molar-refractivity contribution in [1.82, 2.24) is 14.6 Å². The van der Waals surface area contributed by atoms with Crippen molar-refractivity contribution in [2.24, 2.45) is 5.73 Å². The molecule has 7 heteroatoms. The SMILES string of the molecule is CCN(C(=O)CCc1c(C)nc2c(C(N)=O)cnn2c1C)c1ccccc1C. The minimum atomic E-state index is -0.555. The van der Waals surface area contributed by atoms with Gasteiger partial charge in [0.1, 0.15) is 5.56 Å². The number of nitrogens with two attached hydrogens (primary N) is 1. The lowest BCUT2D eigenvalue weighted by Gasteiger charge is -2.23. The van der Waals surface area contributed by atoms with Gasteiger partial charge in [-0.3, -0.25) is 9.59 Å². The fourth-order valence-corrected chi connectivity index (χ4v) is 3.56. The predicted octanol–water partition coefficient (Wildman–Crippen LogP) is 2.74. The average molecular weight is 379 g/mol. The van der Waals surface area contributed by atoms with Crippen molar-refractivity contribution >= 4 is 23.1 Å². The van der Waals surface area contributed by atoms with Crippen molar-refractivity contribution in [2.75, 3.05) is 11.4 Å². The van der Waals surface area contributed by atoms with Gasteiger partial charge in [0.15, 0.2) is 5.65 Å². The Balaban J connectivity index is 1.86. The number of aryl methyl sites for hydroxylation is 3. The Bertz CT molecular complexity index is 1050. The Kier molecular flexibility index (Phi) is 5.44. The molecule has 1 aromatic carbocycles. The van der Waals surface area contributed by atoms with Gasteiger partial charge in [-0.15, -0.1) is 0 Å². The van der Waals surface area contributed by atoms with Crippen LogP contribution in [-0.4, -0.2) is 33.0 Å². The average Bonchev–Trinajstić information content (AvgIpc) is 3.08. The Labute approximate surface area is 164 Å². The molecule has 0 saturated heterocycles. The zero-order valence-electron chi connectivity index (χ0n) is 16.7. The van der Waals surface area contributed by atoms with Gasteiger partial charge in [-0.2, -0.15) is 5.10 Å². The summed E-state index contributed by atoms with van der Waals surface area (Å²) in [6, 6.07) is 7.88. The van der Waals surface area contributed by atoms with Crippen LogP contribution in [0.25, 0.3) is 5.65 Å². The van der Waals surface area contributed by atoms with Crippen molar-refractivity contribution in [1.29, 1.82) is 0 Å². The van der Waals surface area contributed by atoms with Gasteiger partial charge >= 0.3 is 0 Å². The number of fused-ring (bicyclic) bond motifs is 1. The third-order valence-electron chi connectivity index (χ3n) is 5.09. The molecule has 0 aliphatic heterocycles. The summed E-state index contributed by atoms with van der Waals surface area (Å²) < 4.78 is 1.62. The molecule has 28 heavy (non-hydrogen) atoms. The van der Waals surface area contributed by atoms with Gasteiger partial charge in [0.25, 0.3) is 5.91 Å². The molecule has 2 amide bonds. The molecule has 0 radical (unpaired) electrons. The second kappa shape index (κ2) is 7.80. The van der Waals surface area contributed by atoms with Crippen LogP contribution in [0.4, 0.5) is 5.69 Å². The number of amides is 2. The number of anilines is 1. The zero-order valence-corrected chi connectivity index (χ0v) is 16.7. The van der Waals surface area contributed by atoms with Crippen LogP contribution in [0.2, 0.25) is 0 Å². The summed E-state index contributed by atoms with van der Waals surface area (Å²) in [5.41, 5.74) is 10.8. The molecule has 2 N–H and O–H groups in total. The van der Waals surface area contributed by atoms with E-state index in [1.54, 1.807) is 4.52 Å². The summed E-state index contributed by atoms with van der Waals surface area (Å²) in [6.07, 6.45) is 2.34. The lowest BCUT2D eigenvalue weighted by molar-refractivity contribution is -0.118. The van der Waals surface area contributed by atoms with Crippen LogP contribution >= 0.6 is 0 Å². The van der Waals surface area contributed by atoms with Crippen molar-refractivity contribution in [3.63, 3.8) is 0 Å². The number of aromatic nitrogens is 3. The van der Waals surface area contributed by atoms with Crippen LogP contribution < -0.4 is 10.6 Å². The van der Waals surface area contributed by atoms with E-state index in [1.807, 2.05) is 56.9 Å². The van der Waals surface area contributed by atoms with E-state index in [4.69, 9.17) is 5.73 Å². The minimum absolute atomic E-state index is 0.0639. The summed E-state index contributed by atoms with van der Waals surface area (Å²) in [4.78, 5) is 30.8. The van der Waals surface area contributed by atoms with Gasteiger partial charge < -0.3 is 10.6 Å². The molecule has 7 nitrogen and oxygen atoms in total. The molecule has 2 heterocycles. The first kappa shape index (κ1) is 19.5. The maximum atomic E-state index is 12.9. The molecule has 0 aliphatic rings. The van der Waals surface area contributed by atoms with Crippen molar-refractivity contribution in [3.8, 4) is 0 Å². The van der Waals surface area contributed by atoms with Crippen LogP contribution in [0.5, 0.6) is 0 Å². The van der Waals surface area contributed by atoms with E-state index in [0.29, 0.717) is 30.6 Å². The molecule has 146 valence electrons. The Morgan fingerprint density at radius 2 is 1.89 bits per heavy atom. The molecule has 0 saturated carbocycles. The van der Waals surface area contributed by atoms with E-state index >= 15 is 0 Å². The highest BCUT2D eigenvalue weighted by molar-refractivity contribution is 5.98. The monoisotopic (exact) mass is 379 g/mol. The number of hydrogen-bond acceptors (Lipinski definition) is 4. The predicted molar refractivity (Wildman–Crippen MR) is 109 cm³/mol. The van der Waals surface area contributed by atoms with Gasteiger partial charge in [0.2, 0.25) is 5.91 Å². The number of nitrogens with zero attached hydrogens (tertiary/aromatic N) is 4. The molecular formula is C21H25N5O2. The minimum Gasteiger partial charge on any atom is -0.365 e. The molecule has 0 fully saturated rings. The van der Waals surface area contributed by atoms with Crippen molar-refractivity contribution < 1.29 is 9.59 Å². The summed E-state index contributed by atoms with van der Waals surface area (Å²) in [6.45, 7) is 8.39. The highest BCUT2D eigenvalue weighted by Crippen LogP contribution is 2.22. The van der Waals surface area contributed by atoms with Crippen LogP contribution in [0.3, 0.4) is 0 Å². The summed E-state index contributed by atoms with van der Waals surface area (Å²) in [5, 5.41) is 4.24. The molecule has 0 aliphatic carbocycles. The number of hydrogen-bond donors (Lipinski definition) is 1. The van der Waals surface area contributed by atoms with E-state index in [-0.39, 0.29) is 5.91 Å². The fourth-order valence-electron chi connectivity index (χ4n) is 3.56. The van der Waals surface area contributed by atoms with Crippen molar-refractivity contribution in [3.05, 3.63) is 58.5 Å². The van der Waals surface area contributed by atoms with Gasteiger partial charge in [-0.1, -0.05) is 18.2 Å². The molecule has 0 unspecified atom stereocenters. The number of primary amides is 1. The maximum absolute atomic E-state index is 12.9. The highest BCUT2D eigenvalue weighted by Gasteiger charge is 2.19. The third kappa shape index (κ3) is 3.47. The molecule has 0 atom stereocenters. The summed E-state index contributed by atoms with van der Waals surface area (Å²) in [7, 11) is 0.